The van der Waals surface area contributed by atoms with Crippen LogP contribution in [0.5, 0.6) is 0 Å². The highest BCUT2D eigenvalue weighted by Gasteiger charge is 2.17. The Hall–Kier alpha value is -1.77. The summed E-state index contributed by atoms with van der Waals surface area (Å²) in [6, 6.07) is 1.71. The van der Waals surface area contributed by atoms with Crippen molar-refractivity contribution in [2.24, 2.45) is 0 Å². The average Bonchev–Trinajstić information content (AvgIpc) is 2.99. The first-order valence-electron chi connectivity index (χ1n) is 7.21. The van der Waals surface area contributed by atoms with E-state index in [1.54, 1.807) is 10.7 Å². The molecule has 1 aliphatic carbocycles. The van der Waals surface area contributed by atoms with Gasteiger partial charge in [0.25, 0.3) is 5.56 Å². The summed E-state index contributed by atoms with van der Waals surface area (Å²) < 4.78 is 1.69. The highest BCUT2D eigenvalue weighted by molar-refractivity contribution is 5.31. The normalized spacial score (nSPS) is 14.8. The van der Waals surface area contributed by atoms with Crippen LogP contribution in [0.1, 0.15) is 45.7 Å². The third-order valence-electron chi connectivity index (χ3n) is 3.70. The lowest BCUT2D eigenvalue weighted by atomic mass is 10.0. The van der Waals surface area contributed by atoms with Gasteiger partial charge in [0.15, 0.2) is 0 Å². The summed E-state index contributed by atoms with van der Waals surface area (Å²) in [4.78, 5) is 11.9. The fourth-order valence-corrected chi connectivity index (χ4v) is 2.56. The third-order valence-corrected chi connectivity index (χ3v) is 3.70. The van der Waals surface area contributed by atoms with Crippen LogP contribution in [-0.4, -0.2) is 9.78 Å². The van der Waals surface area contributed by atoms with Crippen LogP contribution in [-0.2, 0) is 12.0 Å². The zero-order valence-electron chi connectivity index (χ0n) is 12.7. The Labute approximate surface area is 120 Å². The first-order valence-corrected chi connectivity index (χ1v) is 7.21. The molecular weight excluding hydrogens is 248 g/mol. The van der Waals surface area contributed by atoms with Crippen molar-refractivity contribution in [2.45, 2.75) is 52.0 Å². The smallest absolute Gasteiger partial charge is 0.267 e. The van der Waals surface area contributed by atoms with Crippen molar-refractivity contribution in [1.82, 2.24) is 9.78 Å². The molecule has 0 aliphatic heterocycles. The molecule has 3 nitrogen and oxygen atoms in total. The summed E-state index contributed by atoms with van der Waals surface area (Å²) in [5.41, 5.74) is 3.61. The Bertz CT molecular complexity index is 596. The van der Waals surface area contributed by atoms with E-state index < -0.39 is 0 Å². The Kier molecular flexibility index (Phi) is 4.17. The van der Waals surface area contributed by atoms with Gasteiger partial charge in [-0.15, -0.1) is 0 Å². The summed E-state index contributed by atoms with van der Waals surface area (Å²) in [5.74, 6) is 0. The summed E-state index contributed by atoms with van der Waals surface area (Å²) in [6.07, 6.45) is 10.2. The minimum atomic E-state index is -0.204. The van der Waals surface area contributed by atoms with Crippen LogP contribution < -0.4 is 5.56 Å². The maximum absolute atomic E-state index is 11.9. The molecule has 0 aromatic carbocycles. The molecule has 0 saturated carbocycles. The number of allylic oxidation sites excluding steroid dienone is 5. The highest BCUT2D eigenvalue weighted by Crippen LogP contribution is 2.24. The van der Waals surface area contributed by atoms with Crippen molar-refractivity contribution in [3.63, 3.8) is 0 Å². The zero-order chi connectivity index (χ0) is 14.8. The minimum absolute atomic E-state index is 0.0443. The van der Waals surface area contributed by atoms with Crippen LogP contribution in [0.25, 0.3) is 0 Å². The molecule has 20 heavy (non-hydrogen) atoms. The first kappa shape index (κ1) is 14.6. The van der Waals surface area contributed by atoms with E-state index >= 15 is 0 Å². The van der Waals surface area contributed by atoms with Crippen molar-refractivity contribution in [3.8, 4) is 0 Å². The van der Waals surface area contributed by atoms with Crippen LogP contribution >= 0.6 is 0 Å². The van der Waals surface area contributed by atoms with Gasteiger partial charge in [-0.05, 0) is 52.0 Å². The molecule has 1 aliphatic rings. The highest BCUT2D eigenvalue weighted by atomic mass is 16.1. The van der Waals surface area contributed by atoms with Crippen LogP contribution in [0.3, 0.4) is 0 Å². The fourth-order valence-electron chi connectivity index (χ4n) is 2.56. The SMILES string of the molecule is C=CC(CCc1cc(=O)n(C(C)(C)C)[nH]1)=C1CC=CC1. The van der Waals surface area contributed by atoms with Gasteiger partial charge < -0.3 is 0 Å². The molecule has 0 spiro atoms. The van der Waals surface area contributed by atoms with Crippen molar-refractivity contribution in [1.29, 1.82) is 0 Å². The van der Waals surface area contributed by atoms with Gasteiger partial charge in [0.2, 0.25) is 0 Å². The quantitative estimate of drug-likeness (QED) is 0.834. The number of nitrogens with zero attached hydrogens (tertiary/aromatic N) is 1. The molecule has 0 fully saturated rings. The lowest BCUT2D eigenvalue weighted by molar-refractivity contribution is 0.343. The summed E-state index contributed by atoms with van der Waals surface area (Å²) in [6.45, 7) is 9.99. The van der Waals surface area contributed by atoms with Crippen molar-refractivity contribution < 1.29 is 0 Å². The number of hydrogen-bond donors (Lipinski definition) is 1. The maximum Gasteiger partial charge on any atom is 0.267 e. The van der Waals surface area contributed by atoms with Crippen LogP contribution in [0.4, 0.5) is 0 Å². The zero-order valence-corrected chi connectivity index (χ0v) is 12.7. The second-order valence-electron chi connectivity index (χ2n) is 6.34. The number of aryl methyl sites for hydroxylation is 1. The van der Waals surface area contributed by atoms with Gasteiger partial charge in [-0.2, -0.15) is 0 Å². The molecule has 1 aromatic heterocycles. The van der Waals surface area contributed by atoms with Crippen LogP contribution in [0.2, 0.25) is 0 Å². The molecule has 1 heterocycles. The van der Waals surface area contributed by atoms with Crippen LogP contribution in [0.15, 0.2) is 46.8 Å². The van der Waals surface area contributed by atoms with Crippen molar-refractivity contribution in [2.75, 3.05) is 0 Å². The number of nitrogens with one attached hydrogen (secondary N) is 1. The van der Waals surface area contributed by atoms with E-state index in [1.807, 2.05) is 26.8 Å². The average molecular weight is 272 g/mol. The van der Waals surface area contributed by atoms with Gasteiger partial charge in [-0.3, -0.25) is 9.89 Å². The molecule has 1 N–H and O–H groups in total. The number of hydrogen-bond acceptors (Lipinski definition) is 1. The Morgan fingerprint density at radius 2 is 2.05 bits per heavy atom. The molecule has 0 amide bonds. The fraction of sp³-hybridized carbons (Fsp3) is 0.471. The van der Waals surface area contributed by atoms with Crippen molar-refractivity contribution >= 4 is 0 Å². The third kappa shape index (κ3) is 3.21. The summed E-state index contributed by atoms with van der Waals surface area (Å²) in [5, 5.41) is 3.22. The predicted octanol–water partition coefficient (Wildman–Crippen LogP) is 3.70. The van der Waals surface area contributed by atoms with E-state index in [0.717, 1.165) is 31.4 Å². The van der Waals surface area contributed by atoms with Gasteiger partial charge >= 0.3 is 0 Å². The monoisotopic (exact) mass is 272 g/mol. The van der Waals surface area contributed by atoms with E-state index in [4.69, 9.17) is 0 Å². The molecule has 108 valence electrons. The first-order chi connectivity index (χ1) is 9.41. The predicted molar refractivity (Wildman–Crippen MR) is 84.0 cm³/mol. The number of rotatable bonds is 4. The standard InChI is InChI=1S/C17H24N2O/c1-5-13(14-8-6-7-9-14)10-11-15-12-16(20)19(18-15)17(2,3)4/h5-7,12,18H,1,8-11H2,2-4H3. The number of aromatic nitrogens is 2. The van der Waals surface area contributed by atoms with Gasteiger partial charge in [-0.1, -0.05) is 30.4 Å². The Balaban J connectivity index is 2.10. The van der Waals surface area contributed by atoms with Gasteiger partial charge in [0.1, 0.15) is 0 Å². The van der Waals surface area contributed by atoms with Gasteiger partial charge in [-0.25, -0.2) is 4.68 Å². The van der Waals surface area contributed by atoms with Gasteiger partial charge in [0, 0.05) is 11.8 Å². The molecule has 0 bridgehead atoms. The second kappa shape index (κ2) is 5.70. The van der Waals surface area contributed by atoms with E-state index in [-0.39, 0.29) is 11.1 Å². The van der Waals surface area contributed by atoms with Crippen molar-refractivity contribution in [3.05, 3.63) is 58.1 Å². The minimum Gasteiger partial charge on any atom is -0.299 e. The van der Waals surface area contributed by atoms with E-state index in [2.05, 4.69) is 23.8 Å². The summed E-state index contributed by atoms with van der Waals surface area (Å²) >= 11 is 0. The van der Waals surface area contributed by atoms with E-state index in [9.17, 15) is 4.79 Å². The largest absolute Gasteiger partial charge is 0.299 e. The number of aromatic amines is 1. The van der Waals surface area contributed by atoms with Crippen LogP contribution in [0, 0.1) is 0 Å². The van der Waals surface area contributed by atoms with E-state index in [0.29, 0.717) is 0 Å². The summed E-state index contributed by atoms with van der Waals surface area (Å²) in [7, 11) is 0. The molecule has 1 aromatic rings. The molecule has 0 atom stereocenters. The molecule has 3 heteroatoms. The molecule has 0 saturated heterocycles. The Morgan fingerprint density at radius 3 is 2.55 bits per heavy atom. The molecule has 0 radical (unpaired) electrons. The topological polar surface area (TPSA) is 37.8 Å². The lowest BCUT2D eigenvalue weighted by Gasteiger charge is -2.19. The maximum atomic E-state index is 11.9. The van der Waals surface area contributed by atoms with Gasteiger partial charge in [0.05, 0.1) is 5.54 Å². The number of H-pyrrole nitrogens is 1. The molecule has 2 rings (SSSR count). The molecule has 0 unspecified atom stereocenters. The molecular formula is C17H24N2O. The second-order valence-corrected chi connectivity index (χ2v) is 6.34. The Morgan fingerprint density at radius 1 is 1.40 bits per heavy atom. The van der Waals surface area contributed by atoms with E-state index in [1.165, 1.54) is 11.1 Å². The lowest BCUT2D eigenvalue weighted by Crippen LogP contribution is -2.32.